The largest absolute Gasteiger partial charge is 0.481 e. The SMILES string of the molecule is Nc1ccc2cnc(CC(=O)O)n2c1. The lowest BCUT2D eigenvalue weighted by atomic mass is 10.3. The Morgan fingerprint density at radius 3 is 3.07 bits per heavy atom. The second-order valence-electron chi connectivity index (χ2n) is 3.00. The number of nitrogens with two attached hydrogens (primary N) is 1. The Morgan fingerprint density at radius 2 is 2.36 bits per heavy atom. The number of aromatic nitrogens is 2. The molecule has 0 aliphatic carbocycles. The van der Waals surface area contributed by atoms with Gasteiger partial charge in [-0.15, -0.1) is 0 Å². The zero-order valence-corrected chi connectivity index (χ0v) is 7.34. The number of hydrogen-bond acceptors (Lipinski definition) is 3. The van der Waals surface area contributed by atoms with Gasteiger partial charge in [0.05, 0.1) is 11.7 Å². The molecule has 72 valence electrons. The molecular weight excluding hydrogens is 182 g/mol. The molecule has 0 saturated heterocycles. The van der Waals surface area contributed by atoms with Crippen LogP contribution in [0.5, 0.6) is 0 Å². The summed E-state index contributed by atoms with van der Waals surface area (Å²) in [6.07, 6.45) is 3.19. The smallest absolute Gasteiger partial charge is 0.311 e. The summed E-state index contributed by atoms with van der Waals surface area (Å²) in [7, 11) is 0. The van der Waals surface area contributed by atoms with E-state index in [1.165, 1.54) is 0 Å². The van der Waals surface area contributed by atoms with Gasteiger partial charge in [0.15, 0.2) is 0 Å². The summed E-state index contributed by atoms with van der Waals surface area (Å²) in [6.45, 7) is 0. The van der Waals surface area contributed by atoms with E-state index in [9.17, 15) is 4.79 Å². The Labute approximate surface area is 79.8 Å². The number of imidazole rings is 1. The first-order valence-corrected chi connectivity index (χ1v) is 4.10. The fourth-order valence-corrected chi connectivity index (χ4v) is 1.33. The molecule has 0 amide bonds. The van der Waals surface area contributed by atoms with Crippen LogP contribution >= 0.6 is 0 Å². The number of rotatable bonds is 2. The summed E-state index contributed by atoms with van der Waals surface area (Å²) in [4.78, 5) is 14.5. The van der Waals surface area contributed by atoms with E-state index in [4.69, 9.17) is 10.8 Å². The van der Waals surface area contributed by atoms with Gasteiger partial charge >= 0.3 is 5.97 Å². The molecule has 2 aromatic heterocycles. The molecule has 0 saturated carbocycles. The number of anilines is 1. The van der Waals surface area contributed by atoms with Gasteiger partial charge in [-0.05, 0) is 12.1 Å². The van der Waals surface area contributed by atoms with Crippen molar-refractivity contribution in [3.05, 3.63) is 30.4 Å². The Balaban J connectivity index is 2.55. The van der Waals surface area contributed by atoms with Crippen LogP contribution in [0.1, 0.15) is 5.82 Å². The molecule has 5 nitrogen and oxygen atoms in total. The Bertz CT molecular complexity index is 490. The topological polar surface area (TPSA) is 80.6 Å². The highest BCUT2D eigenvalue weighted by molar-refractivity contribution is 5.69. The van der Waals surface area contributed by atoms with Gasteiger partial charge in [0, 0.05) is 11.9 Å². The summed E-state index contributed by atoms with van der Waals surface area (Å²) in [5, 5.41) is 8.63. The van der Waals surface area contributed by atoms with Gasteiger partial charge < -0.3 is 15.2 Å². The van der Waals surface area contributed by atoms with Gasteiger partial charge in [0.25, 0.3) is 0 Å². The van der Waals surface area contributed by atoms with Crippen LogP contribution in [-0.2, 0) is 11.2 Å². The molecule has 0 aliphatic rings. The van der Waals surface area contributed by atoms with Crippen LogP contribution in [0.2, 0.25) is 0 Å². The lowest BCUT2D eigenvalue weighted by molar-refractivity contribution is -0.136. The van der Waals surface area contributed by atoms with E-state index in [2.05, 4.69) is 4.98 Å². The van der Waals surface area contributed by atoms with Gasteiger partial charge in [-0.1, -0.05) is 0 Å². The Morgan fingerprint density at radius 1 is 1.57 bits per heavy atom. The predicted octanol–water partition coefficient (Wildman–Crippen LogP) is 0.544. The van der Waals surface area contributed by atoms with Crippen LogP contribution in [0.25, 0.3) is 5.52 Å². The first-order valence-electron chi connectivity index (χ1n) is 4.10. The van der Waals surface area contributed by atoms with Crippen molar-refractivity contribution in [1.82, 2.24) is 9.38 Å². The van der Waals surface area contributed by atoms with Crippen molar-refractivity contribution < 1.29 is 9.90 Å². The van der Waals surface area contributed by atoms with Gasteiger partial charge in [-0.3, -0.25) is 4.79 Å². The number of nitrogens with zero attached hydrogens (tertiary/aromatic N) is 2. The fourth-order valence-electron chi connectivity index (χ4n) is 1.33. The number of pyridine rings is 1. The van der Waals surface area contributed by atoms with Crippen LogP contribution < -0.4 is 5.73 Å². The molecule has 0 aromatic carbocycles. The monoisotopic (exact) mass is 191 g/mol. The van der Waals surface area contributed by atoms with Gasteiger partial charge in [-0.25, -0.2) is 4.98 Å². The van der Waals surface area contributed by atoms with Crippen LogP contribution in [0.4, 0.5) is 5.69 Å². The summed E-state index contributed by atoms with van der Waals surface area (Å²) in [5.74, 6) is -0.417. The minimum atomic E-state index is -0.903. The first kappa shape index (κ1) is 8.55. The molecule has 0 atom stereocenters. The van der Waals surface area contributed by atoms with Crippen LogP contribution in [0, 0.1) is 0 Å². The van der Waals surface area contributed by atoms with Crippen molar-refractivity contribution >= 4 is 17.2 Å². The quantitative estimate of drug-likeness (QED) is 0.726. The van der Waals surface area contributed by atoms with Crippen molar-refractivity contribution in [2.75, 3.05) is 5.73 Å². The second-order valence-corrected chi connectivity index (χ2v) is 3.00. The van der Waals surface area contributed by atoms with E-state index < -0.39 is 5.97 Å². The molecule has 0 spiro atoms. The molecular formula is C9H9N3O2. The number of fused-ring (bicyclic) bond motifs is 1. The molecule has 3 N–H and O–H groups in total. The molecule has 0 bridgehead atoms. The van der Waals surface area contributed by atoms with Crippen molar-refractivity contribution in [3.63, 3.8) is 0 Å². The van der Waals surface area contributed by atoms with Gasteiger partial charge in [0.2, 0.25) is 0 Å². The highest BCUT2D eigenvalue weighted by atomic mass is 16.4. The molecule has 0 unspecified atom stereocenters. The Kier molecular flexibility index (Phi) is 1.85. The first-order chi connectivity index (χ1) is 6.66. The zero-order valence-electron chi connectivity index (χ0n) is 7.34. The number of hydrogen-bond donors (Lipinski definition) is 2. The summed E-state index contributed by atoms with van der Waals surface area (Å²) < 4.78 is 1.68. The van der Waals surface area contributed by atoms with Gasteiger partial charge in [-0.2, -0.15) is 0 Å². The minimum Gasteiger partial charge on any atom is -0.481 e. The van der Waals surface area contributed by atoms with Crippen molar-refractivity contribution in [3.8, 4) is 0 Å². The van der Waals surface area contributed by atoms with E-state index in [0.717, 1.165) is 5.52 Å². The number of carbonyl (C=O) groups is 1. The summed E-state index contributed by atoms with van der Waals surface area (Å²) >= 11 is 0. The highest BCUT2D eigenvalue weighted by Crippen LogP contribution is 2.10. The molecule has 2 heterocycles. The highest BCUT2D eigenvalue weighted by Gasteiger charge is 2.07. The normalized spacial score (nSPS) is 10.6. The molecule has 14 heavy (non-hydrogen) atoms. The average Bonchev–Trinajstić information content (AvgIpc) is 2.47. The predicted molar refractivity (Wildman–Crippen MR) is 50.9 cm³/mol. The van der Waals surface area contributed by atoms with Crippen molar-refractivity contribution in [2.45, 2.75) is 6.42 Å². The third-order valence-corrected chi connectivity index (χ3v) is 1.94. The van der Waals surface area contributed by atoms with Gasteiger partial charge in [0.1, 0.15) is 12.2 Å². The average molecular weight is 191 g/mol. The van der Waals surface area contributed by atoms with Crippen molar-refractivity contribution in [1.29, 1.82) is 0 Å². The minimum absolute atomic E-state index is 0.0996. The molecule has 0 fully saturated rings. The lowest BCUT2D eigenvalue weighted by Gasteiger charge is -1.99. The third-order valence-electron chi connectivity index (χ3n) is 1.94. The molecule has 2 aromatic rings. The maximum absolute atomic E-state index is 10.5. The standard InChI is InChI=1S/C9H9N3O2/c10-6-1-2-7-4-11-8(3-9(13)14)12(7)5-6/h1-2,4-5H,3,10H2,(H,13,14). The molecule has 0 radical (unpaired) electrons. The molecule has 2 rings (SSSR count). The second kappa shape index (κ2) is 3.02. The van der Waals surface area contributed by atoms with E-state index in [-0.39, 0.29) is 6.42 Å². The van der Waals surface area contributed by atoms with E-state index in [1.54, 1.807) is 28.9 Å². The van der Waals surface area contributed by atoms with E-state index in [1.807, 2.05) is 0 Å². The molecule has 5 heteroatoms. The Hall–Kier alpha value is -2.04. The maximum Gasteiger partial charge on any atom is 0.311 e. The number of nitrogen functional groups attached to an aromatic ring is 1. The third kappa shape index (κ3) is 1.39. The molecule has 0 aliphatic heterocycles. The number of aliphatic carboxylic acids is 1. The lowest BCUT2D eigenvalue weighted by Crippen LogP contribution is -2.05. The number of carboxylic acid groups (broad SMARTS) is 1. The van der Waals surface area contributed by atoms with Crippen LogP contribution in [0.3, 0.4) is 0 Å². The summed E-state index contributed by atoms with van der Waals surface area (Å²) in [6, 6.07) is 3.55. The maximum atomic E-state index is 10.5. The summed E-state index contributed by atoms with van der Waals surface area (Å²) in [5.41, 5.74) is 7.02. The van der Waals surface area contributed by atoms with Crippen molar-refractivity contribution in [2.24, 2.45) is 0 Å². The zero-order chi connectivity index (χ0) is 10.1. The van der Waals surface area contributed by atoms with Crippen LogP contribution in [-0.4, -0.2) is 20.5 Å². The fraction of sp³-hybridized carbons (Fsp3) is 0.111. The number of carboxylic acids is 1. The van der Waals surface area contributed by atoms with E-state index in [0.29, 0.717) is 11.5 Å². The van der Waals surface area contributed by atoms with Crippen LogP contribution in [0.15, 0.2) is 24.5 Å². The van der Waals surface area contributed by atoms with E-state index >= 15 is 0 Å².